The molecule has 0 aliphatic rings. The second-order valence-corrected chi connectivity index (χ2v) is 2.86. The Kier molecular flexibility index (Phi) is 3.29. The molecule has 0 aliphatic heterocycles. The van der Waals surface area contributed by atoms with Gasteiger partial charge in [-0.25, -0.2) is 4.79 Å². The number of hydrogen-bond acceptors (Lipinski definition) is 6. The molecule has 7 heteroatoms. The fraction of sp³-hybridized carbons (Fsp3) is 0.222. The predicted molar refractivity (Wildman–Crippen MR) is 55.4 cm³/mol. The highest BCUT2D eigenvalue weighted by Crippen LogP contribution is 2.31. The zero-order valence-corrected chi connectivity index (χ0v) is 8.72. The SMILES string of the molecule is COC(=O)c1cc(OC)cc(N)c1[N+](=O)[O-]. The molecule has 0 saturated carbocycles. The van der Waals surface area contributed by atoms with Gasteiger partial charge in [-0.15, -0.1) is 0 Å². The summed E-state index contributed by atoms with van der Waals surface area (Å²) in [5, 5.41) is 10.7. The topological polar surface area (TPSA) is 105 Å². The number of methoxy groups -OCH3 is 2. The van der Waals surface area contributed by atoms with Gasteiger partial charge in [-0.1, -0.05) is 0 Å². The Hall–Kier alpha value is -2.31. The molecule has 16 heavy (non-hydrogen) atoms. The first-order valence-corrected chi connectivity index (χ1v) is 4.21. The van der Waals surface area contributed by atoms with Crippen LogP contribution >= 0.6 is 0 Å². The maximum atomic E-state index is 11.3. The molecule has 0 unspecified atom stereocenters. The van der Waals surface area contributed by atoms with Gasteiger partial charge in [-0.3, -0.25) is 10.1 Å². The van der Waals surface area contributed by atoms with Gasteiger partial charge >= 0.3 is 11.7 Å². The van der Waals surface area contributed by atoms with Crippen LogP contribution in [0.2, 0.25) is 0 Å². The highest BCUT2D eigenvalue weighted by atomic mass is 16.6. The van der Waals surface area contributed by atoms with Crippen molar-refractivity contribution in [1.82, 2.24) is 0 Å². The number of nitrogens with two attached hydrogens (primary N) is 1. The molecule has 1 aromatic rings. The molecule has 0 heterocycles. The van der Waals surface area contributed by atoms with E-state index in [-0.39, 0.29) is 17.0 Å². The second-order valence-electron chi connectivity index (χ2n) is 2.86. The summed E-state index contributed by atoms with van der Waals surface area (Å²) in [5.41, 5.74) is 4.60. The predicted octanol–water partition coefficient (Wildman–Crippen LogP) is 0.972. The molecular weight excluding hydrogens is 216 g/mol. The fourth-order valence-electron chi connectivity index (χ4n) is 1.22. The lowest BCUT2D eigenvalue weighted by atomic mass is 10.1. The minimum Gasteiger partial charge on any atom is -0.497 e. The maximum Gasteiger partial charge on any atom is 0.345 e. The minimum absolute atomic E-state index is 0.148. The number of nitrogen functional groups attached to an aromatic ring is 1. The van der Waals surface area contributed by atoms with Crippen molar-refractivity contribution in [3.05, 3.63) is 27.8 Å². The Morgan fingerprint density at radius 3 is 2.50 bits per heavy atom. The zero-order chi connectivity index (χ0) is 12.3. The fourth-order valence-corrected chi connectivity index (χ4v) is 1.22. The lowest BCUT2D eigenvalue weighted by molar-refractivity contribution is -0.384. The first-order valence-electron chi connectivity index (χ1n) is 4.21. The number of anilines is 1. The molecule has 0 atom stereocenters. The van der Waals surface area contributed by atoms with Gasteiger partial charge < -0.3 is 15.2 Å². The molecule has 0 saturated heterocycles. The van der Waals surface area contributed by atoms with Crippen molar-refractivity contribution < 1.29 is 19.2 Å². The summed E-state index contributed by atoms with van der Waals surface area (Å²) < 4.78 is 9.28. The lowest BCUT2D eigenvalue weighted by Gasteiger charge is -2.06. The summed E-state index contributed by atoms with van der Waals surface area (Å²) in [4.78, 5) is 21.3. The number of carbonyl (C=O) groups excluding carboxylic acids is 1. The summed E-state index contributed by atoms with van der Waals surface area (Å²) >= 11 is 0. The number of ether oxygens (including phenoxy) is 2. The van der Waals surface area contributed by atoms with Crippen molar-refractivity contribution in [2.45, 2.75) is 0 Å². The third-order valence-electron chi connectivity index (χ3n) is 1.94. The Morgan fingerprint density at radius 2 is 2.06 bits per heavy atom. The third-order valence-corrected chi connectivity index (χ3v) is 1.94. The largest absolute Gasteiger partial charge is 0.497 e. The summed E-state index contributed by atoms with van der Waals surface area (Å²) in [5.74, 6) is -0.583. The van der Waals surface area contributed by atoms with E-state index in [2.05, 4.69) is 4.74 Å². The molecule has 0 amide bonds. The molecule has 0 aromatic heterocycles. The average Bonchev–Trinajstić information content (AvgIpc) is 2.26. The summed E-state index contributed by atoms with van der Waals surface area (Å²) in [6.45, 7) is 0. The van der Waals surface area contributed by atoms with E-state index in [0.29, 0.717) is 0 Å². The Labute approximate surface area is 90.9 Å². The Morgan fingerprint density at radius 1 is 1.44 bits per heavy atom. The van der Waals surface area contributed by atoms with Crippen LogP contribution in [0.3, 0.4) is 0 Å². The molecule has 7 nitrogen and oxygen atoms in total. The van der Waals surface area contributed by atoms with Gasteiger partial charge in [0.05, 0.1) is 19.1 Å². The Bertz CT molecular complexity index is 444. The van der Waals surface area contributed by atoms with Gasteiger partial charge in [0.15, 0.2) is 0 Å². The summed E-state index contributed by atoms with van der Waals surface area (Å²) in [6.07, 6.45) is 0. The zero-order valence-electron chi connectivity index (χ0n) is 8.72. The molecule has 86 valence electrons. The van der Waals surface area contributed by atoms with Crippen molar-refractivity contribution in [2.75, 3.05) is 20.0 Å². The first kappa shape index (κ1) is 11.8. The van der Waals surface area contributed by atoms with E-state index >= 15 is 0 Å². The van der Waals surface area contributed by atoms with Crippen LogP contribution in [0.25, 0.3) is 0 Å². The highest BCUT2D eigenvalue weighted by molar-refractivity contribution is 5.97. The van der Waals surface area contributed by atoms with E-state index in [1.165, 1.54) is 19.2 Å². The van der Waals surface area contributed by atoms with Crippen LogP contribution in [0.4, 0.5) is 11.4 Å². The number of hydrogen-bond donors (Lipinski definition) is 1. The molecule has 0 bridgehead atoms. The first-order chi connectivity index (χ1) is 7.51. The van der Waals surface area contributed by atoms with Gasteiger partial charge in [-0.2, -0.15) is 0 Å². The van der Waals surface area contributed by atoms with Crippen LogP contribution in [-0.2, 0) is 4.74 Å². The minimum atomic E-state index is -0.836. The number of nitro benzene ring substituents is 1. The number of carbonyl (C=O) groups is 1. The normalized spacial score (nSPS) is 9.62. The number of nitrogens with zero attached hydrogens (tertiary/aromatic N) is 1. The van der Waals surface area contributed by atoms with E-state index in [1.54, 1.807) is 0 Å². The molecular formula is C9H10N2O5. The number of nitro groups is 1. The molecule has 0 spiro atoms. The van der Waals surface area contributed by atoms with Gasteiger partial charge in [0.2, 0.25) is 0 Å². The van der Waals surface area contributed by atoms with Crippen molar-refractivity contribution in [1.29, 1.82) is 0 Å². The van der Waals surface area contributed by atoms with Crippen LogP contribution in [-0.4, -0.2) is 25.1 Å². The smallest absolute Gasteiger partial charge is 0.345 e. The van der Waals surface area contributed by atoms with E-state index in [0.717, 1.165) is 7.11 Å². The van der Waals surface area contributed by atoms with E-state index < -0.39 is 16.6 Å². The van der Waals surface area contributed by atoms with Crippen LogP contribution in [0.15, 0.2) is 12.1 Å². The van der Waals surface area contributed by atoms with Crippen molar-refractivity contribution in [2.24, 2.45) is 0 Å². The number of esters is 1. The van der Waals surface area contributed by atoms with Gasteiger partial charge in [0.25, 0.3) is 0 Å². The highest BCUT2D eigenvalue weighted by Gasteiger charge is 2.25. The molecule has 0 aliphatic carbocycles. The molecule has 1 rings (SSSR count). The summed E-state index contributed by atoms with van der Waals surface area (Å²) in [6, 6.07) is 2.48. The Balaban J connectivity index is 3.46. The third kappa shape index (κ3) is 2.02. The van der Waals surface area contributed by atoms with Gasteiger partial charge in [0.1, 0.15) is 17.0 Å². The number of rotatable bonds is 3. The molecule has 0 radical (unpaired) electrons. The molecule has 1 aromatic carbocycles. The van der Waals surface area contributed by atoms with E-state index in [4.69, 9.17) is 10.5 Å². The van der Waals surface area contributed by atoms with Crippen molar-refractivity contribution >= 4 is 17.3 Å². The van der Waals surface area contributed by atoms with E-state index in [1.807, 2.05) is 0 Å². The summed E-state index contributed by atoms with van der Waals surface area (Å²) in [7, 11) is 2.49. The van der Waals surface area contributed by atoms with Crippen molar-refractivity contribution in [3.63, 3.8) is 0 Å². The standard InChI is InChI=1S/C9H10N2O5/c1-15-5-3-6(9(12)16-2)8(11(13)14)7(10)4-5/h3-4H,10H2,1-2H3. The van der Waals surface area contributed by atoms with Crippen LogP contribution in [0, 0.1) is 10.1 Å². The lowest BCUT2D eigenvalue weighted by Crippen LogP contribution is -2.08. The van der Waals surface area contributed by atoms with Crippen LogP contribution < -0.4 is 10.5 Å². The van der Waals surface area contributed by atoms with Crippen LogP contribution in [0.1, 0.15) is 10.4 Å². The monoisotopic (exact) mass is 226 g/mol. The average molecular weight is 226 g/mol. The second kappa shape index (κ2) is 4.47. The van der Waals surface area contributed by atoms with Gasteiger partial charge in [-0.05, 0) is 0 Å². The quantitative estimate of drug-likeness (QED) is 0.356. The molecule has 2 N–H and O–H groups in total. The molecule has 0 fully saturated rings. The van der Waals surface area contributed by atoms with Crippen LogP contribution in [0.5, 0.6) is 5.75 Å². The maximum absolute atomic E-state index is 11.3. The van der Waals surface area contributed by atoms with E-state index in [9.17, 15) is 14.9 Å². The van der Waals surface area contributed by atoms with Gasteiger partial charge in [0, 0.05) is 12.1 Å². The number of benzene rings is 1. The van der Waals surface area contributed by atoms with Crippen molar-refractivity contribution in [3.8, 4) is 5.75 Å².